The Morgan fingerprint density at radius 1 is 1.29 bits per heavy atom. The van der Waals surface area contributed by atoms with Gasteiger partial charge >= 0.3 is 0 Å². The van der Waals surface area contributed by atoms with E-state index in [1.165, 1.54) is 22.9 Å². The lowest BCUT2D eigenvalue weighted by molar-refractivity contribution is 0.0931. The lowest BCUT2D eigenvalue weighted by Crippen LogP contribution is -2.29. The van der Waals surface area contributed by atoms with Crippen molar-refractivity contribution >= 4 is 17.7 Å². The van der Waals surface area contributed by atoms with E-state index in [1.807, 2.05) is 19.2 Å². The average Bonchev–Trinajstić information content (AvgIpc) is 2.97. The summed E-state index contributed by atoms with van der Waals surface area (Å²) in [7, 11) is 0. The third-order valence-electron chi connectivity index (χ3n) is 4.45. The normalized spacial score (nSPS) is 16.3. The molecule has 1 aromatic heterocycles. The van der Waals surface area contributed by atoms with Crippen molar-refractivity contribution in [1.29, 1.82) is 0 Å². The summed E-state index contributed by atoms with van der Waals surface area (Å²) < 4.78 is 0. The van der Waals surface area contributed by atoms with Crippen LogP contribution in [0.15, 0.2) is 29.3 Å². The lowest BCUT2D eigenvalue weighted by Gasteiger charge is -2.17. The van der Waals surface area contributed by atoms with E-state index in [0.717, 1.165) is 29.4 Å². The van der Waals surface area contributed by atoms with Crippen LogP contribution >= 0.6 is 11.8 Å². The first-order valence-corrected chi connectivity index (χ1v) is 9.55. The third-order valence-corrected chi connectivity index (χ3v) is 5.13. The SMILES string of the molecule is CSc1nc(C(C)C)nc(C)c1C(=O)NC1CCc2ccccc21. The molecular formula is C19H23N3OS. The standard InChI is InChI=1S/C19H23N3OS/c1-11(2)17-20-12(3)16(19(22-17)24-4)18(23)21-15-10-9-13-7-5-6-8-14(13)15/h5-8,11,15H,9-10H2,1-4H3,(H,21,23). The predicted molar refractivity (Wildman–Crippen MR) is 97.6 cm³/mol. The molecule has 0 saturated heterocycles. The second-order valence-electron chi connectivity index (χ2n) is 6.47. The van der Waals surface area contributed by atoms with E-state index in [-0.39, 0.29) is 17.9 Å². The minimum absolute atomic E-state index is 0.0751. The van der Waals surface area contributed by atoms with Crippen LogP contribution in [-0.4, -0.2) is 22.1 Å². The van der Waals surface area contributed by atoms with Crippen LogP contribution < -0.4 is 5.32 Å². The summed E-state index contributed by atoms with van der Waals surface area (Å²) in [6.45, 7) is 6.02. The number of aryl methyl sites for hydroxylation is 2. The molecule has 1 amide bonds. The average molecular weight is 341 g/mol. The molecule has 1 aliphatic rings. The van der Waals surface area contributed by atoms with Crippen molar-refractivity contribution in [3.63, 3.8) is 0 Å². The Morgan fingerprint density at radius 2 is 2.04 bits per heavy atom. The first kappa shape index (κ1) is 17.0. The Hall–Kier alpha value is -1.88. The zero-order valence-electron chi connectivity index (χ0n) is 14.6. The molecule has 0 bridgehead atoms. The van der Waals surface area contributed by atoms with Crippen molar-refractivity contribution in [3.05, 3.63) is 52.5 Å². The van der Waals surface area contributed by atoms with Crippen LogP contribution in [0.3, 0.4) is 0 Å². The summed E-state index contributed by atoms with van der Waals surface area (Å²) in [5, 5.41) is 3.94. The molecule has 24 heavy (non-hydrogen) atoms. The van der Waals surface area contributed by atoms with Gasteiger partial charge in [0, 0.05) is 5.92 Å². The first-order valence-electron chi connectivity index (χ1n) is 8.32. The molecule has 0 aliphatic heterocycles. The van der Waals surface area contributed by atoms with Gasteiger partial charge in [-0.2, -0.15) is 0 Å². The van der Waals surface area contributed by atoms with E-state index < -0.39 is 0 Å². The van der Waals surface area contributed by atoms with E-state index in [1.54, 1.807) is 0 Å². The Balaban J connectivity index is 1.88. The number of hydrogen-bond donors (Lipinski definition) is 1. The zero-order chi connectivity index (χ0) is 17.3. The molecule has 4 nitrogen and oxygen atoms in total. The molecule has 126 valence electrons. The highest BCUT2D eigenvalue weighted by Gasteiger charge is 2.26. The topological polar surface area (TPSA) is 54.9 Å². The van der Waals surface area contributed by atoms with Gasteiger partial charge in [0.2, 0.25) is 0 Å². The van der Waals surface area contributed by atoms with E-state index in [4.69, 9.17) is 0 Å². The zero-order valence-corrected chi connectivity index (χ0v) is 15.4. The summed E-state index contributed by atoms with van der Waals surface area (Å²) in [5.41, 5.74) is 3.92. The molecule has 0 radical (unpaired) electrons. The Bertz CT molecular complexity index is 773. The Labute approximate surface area is 147 Å². The van der Waals surface area contributed by atoms with Crippen LogP contribution in [0.25, 0.3) is 0 Å². The van der Waals surface area contributed by atoms with Gasteiger partial charge in [-0.25, -0.2) is 9.97 Å². The number of nitrogens with zero attached hydrogens (tertiary/aromatic N) is 2. The third kappa shape index (κ3) is 3.18. The fraction of sp³-hybridized carbons (Fsp3) is 0.421. The molecule has 1 aliphatic carbocycles. The maximum absolute atomic E-state index is 12.9. The number of rotatable bonds is 4. The van der Waals surface area contributed by atoms with E-state index in [0.29, 0.717) is 5.56 Å². The van der Waals surface area contributed by atoms with Crippen LogP contribution in [0.2, 0.25) is 0 Å². The summed E-state index contributed by atoms with van der Waals surface area (Å²) >= 11 is 1.50. The summed E-state index contributed by atoms with van der Waals surface area (Å²) in [6.07, 6.45) is 3.91. The van der Waals surface area contributed by atoms with E-state index in [9.17, 15) is 4.79 Å². The number of nitrogens with one attached hydrogen (secondary N) is 1. The molecule has 2 aromatic rings. The van der Waals surface area contributed by atoms with Gasteiger partial charge in [-0.1, -0.05) is 38.1 Å². The molecule has 1 N–H and O–H groups in total. The molecule has 0 saturated carbocycles. The smallest absolute Gasteiger partial charge is 0.256 e. The maximum Gasteiger partial charge on any atom is 0.256 e. The fourth-order valence-corrected chi connectivity index (χ4v) is 3.80. The molecular weight excluding hydrogens is 318 g/mol. The van der Waals surface area contributed by atoms with Crippen molar-refractivity contribution in [2.75, 3.05) is 6.26 Å². The van der Waals surface area contributed by atoms with Crippen molar-refractivity contribution in [2.45, 2.75) is 50.6 Å². The van der Waals surface area contributed by atoms with Crippen LogP contribution in [0.1, 0.15) is 65.2 Å². The highest BCUT2D eigenvalue weighted by atomic mass is 32.2. The van der Waals surface area contributed by atoms with E-state index >= 15 is 0 Å². The fourth-order valence-electron chi connectivity index (χ4n) is 3.17. The van der Waals surface area contributed by atoms with Gasteiger partial charge in [0.05, 0.1) is 17.3 Å². The molecule has 0 fully saturated rings. The van der Waals surface area contributed by atoms with Gasteiger partial charge in [0.25, 0.3) is 5.91 Å². The number of carbonyl (C=O) groups is 1. The molecule has 1 aromatic carbocycles. The van der Waals surface area contributed by atoms with Gasteiger partial charge in [-0.15, -0.1) is 11.8 Å². The van der Waals surface area contributed by atoms with Crippen LogP contribution in [0.4, 0.5) is 0 Å². The van der Waals surface area contributed by atoms with Crippen LogP contribution in [0.5, 0.6) is 0 Å². The van der Waals surface area contributed by atoms with Crippen molar-refractivity contribution in [3.8, 4) is 0 Å². The minimum Gasteiger partial charge on any atom is -0.345 e. The highest BCUT2D eigenvalue weighted by Crippen LogP contribution is 2.31. The number of hydrogen-bond acceptors (Lipinski definition) is 4. The van der Waals surface area contributed by atoms with Crippen LogP contribution in [0, 0.1) is 6.92 Å². The largest absolute Gasteiger partial charge is 0.345 e. The molecule has 3 rings (SSSR count). The number of amides is 1. The molecule has 1 unspecified atom stereocenters. The second-order valence-corrected chi connectivity index (χ2v) is 7.26. The van der Waals surface area contributed by atoms with Gasteiger partial charge in [0.15, 0.2) is 0 Å². The quantitative estimate of drug-likeness (QED) is 0.673. The maximum atomic E-state index is 12.9. The number of aromatic nitrogens is 2. The molecule has 0 spiro atoms. The van der Waals surface area contributed by atoms with Crippen molar-refractivity contribution < 1.29 is 4.79 Å². The Kier molecular flexibility index (Phi) is 4.90. The number of fused-ring (bicyclic) bond motifs is 1. The Morgan fingerprint density at radius 3 is 2.75 bits per heavy atom. The lowest BCUT2D eigenvalue weighted by atomic mass is 10.1. The van der Waals surface area contributed by atoms with Gasteiger partial charge < -0.3 is 5.32 Å². The van der Waals surface area contributed by atoms with Crippen LogP contribution in [-0.2, 0) is 6.42 Å². The van der Waals surface area contributed by atoms with Gasteiger partial charge in [0.1, 0.15) is 10.9 Å². The number of carbonyl (C=O) groups excluding carboxylic acids is 1. The first-order chi connectivity index (χ1) is 11.5. The molecule has 1 atom stereocenters. The second kappa shape index (κ2) is 6.93. The summed E-state index contributed by atoms with van der Waals surface area (Å²) in [4.78, 5) is 22.0. The monoisotopic (exact) mass is 341 g/mol. The van der Waals surface area contributed by atoms with Crippen molar-refractivity contribution in [1.82, 2.24) is 15.3 Å². The summed E-state index contributed by atoms with van der Waals surface area (Å²) in [6, 6.07) is 8.40. The van der Waals surface area contributed by atoms with E-state index in [2.05, 4.69) is 47.3 Å². The minimum atomic E-state index is -0.0751. The summed E-state index contributed by atoms with van der Waals surface area (Å²) in [5.74, 6) is 0.960. The molecule has 1 heterocycles. The number of thioether (sulfide) groups is 1. The highest BCUT2D eigenvalue weighted by molar-refractivity contribution is 7.98. The molecule has 5 heteroatoms. The van der Waals surface area contributed by atoms with Gasteiger partial charge in [-0.05, 0) is 37.1 Å². The van der Waals surface area contributed by atoms with Gasteiger partial charge in [-0.3, -0.25) is 4.79 Å². The van der Waals surface area contributed by atoms with Crippen molar-refractivity contribution in [2.24, 2.45) is 0 Å². The number of benzene rings is 1. The predicted octanol–water partition coefficient (Wildman–Crippen LogP) is 4.05.